The average molecular weight is 299 g/mol. The summed E-state index contributed by atoms with van der Waals surface area (Å²) in [5.74, 6) is 0. The number of ether oxygens (including phenoxy) is 1. The van der Waals surface area contributed by atoms with Crippen LogP contribution in [0.1, 0.15) is 53.9 Å². The van der Waals surface area contributed by atoms with E-state index >= 15 is 0 Å². The highest BCUT2D eigenvalue weighted by Crippen LogP contribution is 2.20. The van der Waals surface area contributed by atoms with Crippen LogP contribution in [-0.2, 0) is 4.74 Å². The number of piperidine rings is 1. The van der Waals surface area contributed by atoms with Gasteiger partial charge < -0.3 is 15.4 Å². The second kappa shape index (κ2) is 7.99. The van der Waals surface area contributed by atoms with Crippen molar-refractivity contribution in [3.8, 4) is 0 Å². The van der Waals surface area contributed by atoms with Crippen LogP contribution >= 0.6 is 0 Å². The molecule has 1 aliphatic heterocycles. The summed E-state index contributed by atoms with van der Waals surface area (Å²) in [6.07, 6.45) is 3.37. The molecule has 0 bridgehead atoms. The van der Waals surface area contributed by atoms with E-state index in [2.05, 4.69) is 4.90 Å². The first kappa shape index (κ1) is 18.2. The Morgan fingerprint density at radius 2 is 2.05 bits per heavy atom. The lowest BCUT2D eigenvalue weighted by Gasteiger charge is -2.40. The van der Waals surface area contributed by atoms with Gasteiger partial charge in [0.2, 0.25) is 0 Å². The third-order valence-corrected chi connectivity index (χ3v) is 3.82. The monoisotopic (exact) mass is 299 g/mol. The molecule has 5 heteroatoms. The minimum absolute atomic E-state index is 0.140. The van der Waals surface area contributed by atoms with Gasteiger partial charge in [0.15, 0.2) is 0 Å². The minimum atomic E-state index is -0.451. The van der Waals surface area contributed by atoms with Crippen molar-refractivity contribution in [2.45, 2.75) is 71.6 Å². The number of hydrogen-bond acceptors (Lipinski definition) is 4. The molecule has 1 fully saturated rings. The highest BCUT2D eigenvalue weighted by Gasteiger charge is 2.29. The van der Waals surface area contributed by atoms with Crippen LogP contribution in [0.3, 0.4) is 0 Å². The zero-order chi connectivity index (χ0) is 16.0. The Bertz CT molecular complexity index is 324. The lowest BCUT2D eigenvalue weighted by Crippen LogP contribution is -2.52. The molecule has 0 saturated carbocycles. The van der Waals surface area contributed by atoms with Crippen molar-refractivity contribution in [2.24, 2.45) is 5.73 Å². The van der Waals surface area contributed by atoms with E-state index in [0.717, 1.165) is 26.1 Å². The van der Waals surface area contributed by atoms with Gasteiger partial charge in [-0.15, -0.1) is 0 Å². The summed E-state index contributed by atoms with van der Waals surface area (Å²) >= 11 is 0. The normalized spacial score (nSPS) is 20.6. The third kappa shape index (κ3) is 6.22. The molecule has 5 nitrogen and oxygen atoms in total. The van der Waals surface area contributed by atoms with Crippen molar-refractivity contribution in [1.29, 1.82) is 0 Å². The number of nitrogens with two attached hydrogens (primary N) is 1. The SMILES string of the molecule is CC(C)N(CC1CCCCN1CCN)C(=O)OC(C)(C)C. The van der Waals surface area contributed by atoms with Gasteiger partial charge in [-0.3, -0.25) is 4.90 Å². The number of amides is 1. The Morgan fingerprint density at radius 3 is 2.57 bits per heavy atom. The second-order valence-corrected chi connectivity index (χ2v) is 7.20. The first-order chi connectivity index (χ1) is 9.74. The van der Waals surface area contributed by atoms with Crippen LogP contribution in [0, 0.1) is 0 Å². The summed E-state index contributed by atoms with van der Waals surface area (Å²) in [5, 5.41) is 0. The Hall–Kier alpha value is -0.810. The van der Waals surface area contributed by atoms with Gasteiger partial charge in [0.05, 0.1) is 0 Å². The first-order valence-corrected chi connectivity index (χ1v) is 8.18. The summed E-state index contributed by atoms with van der Waals surface area (Å²) in [6, 6.07) is 0.540. The molecule has 0 aliphatic carbocycles. The fourth-order valence-electron chi connectivity index (χ4n) is 2.77. The van der Waals surface area contributed by atoms with Gasteiger partial charge in [0.25, 0.3) is 0 Å². The number of rotatable bonds is 5. The van der Waals surface area contributed by atoms with E-state index < -0.39 is 5.60 Å². The summed E-state index contributed by atoms with van der Waals surface area (Å²) in [6.45, 7) is 13.2. The fraction of sp³-hybridized carbons (Fsp3) is 0.938. The van der Waals surface area contributed by atoms with Crippen LogP contribution in [0.25, 0.3) is 0 Å². The maximum Gasteiger partial charge on any atom is 0.410 e. The Kier molecular flexibility index (Phi) is 6.94. The van der Waals surface area contributed by atoms with Crippen LogP contribution in [0.5, 0.6) is 0 Å². The van der Waals surface area contributed by atoms with Crippen LogP contribution in [0.2, 0.25) is 0 Å². The fourth-order valence-corrected chi connectivity index (χ4v) is 2.77. The Labute approximate surface area is 129 Å². The molecule has 0 aromatic rings. The van der Waals surface area contributed by atoms with Gasteiger partial charge in [-0.25, -0.2) is 4.79 Å². The molecule has 1 amide bonds. The number of likely N-dealkylation sites (tertiary alicyclic amines) is 1. The van der Waals surface area contributed by atoms with E-state index in [4.69, 9.17) is 10.5 Å². The molecule has 1 rings (SSSR count). The van der Waals surface area contributed by atoms with Gasteiger partial charge in [-0.2, -0.15) is 0 Å². The standard InChI is InChI=1S/C16H33N3O2/c1-13(2)19(15(20)21-16(3,4)5)12-14-8-6-7-10-18(14)11-9-17/h13-14H,6-12,17H2,1-5H3. The van der Waals surface area contributed by atoms with Gasteiger partial charge in [0, 0.05) is 31.7 Å². The summed E-state index contributed by atoms with van der Waals surface area (Å²) in [7, 11) is 0. The van der Waals surface area contributed by atoms with E-state index in [1.54, 1.807) is 0 Å². The highest BCUT2D eigenvalue weighted by atomic mass is 16.6. The predicted molar refractivity (Wildman–Crippen MR) is 86.3 cm³/mol. The molecule has 2 N–H and O–H groups in total. The molecular weight excluding hydrogens is 266 g/mol. The van der Waals surface area contributed by atoms with E-state index in [1.807, 2.05) is 39.5 Å². The van der Waals surface area contributed by atoms with Gasteiger partial charge in [-0.05, 0) is 54.0 Å². The van der Waals surface area contributed by atoms with Crippen molar-refractivity contribution in [1.82, 2.24) is 9.80 Å². The van der Waals surface area contributed by atoms with Crippen LogP contribution in [0.4, 0.5) is 4.79 Å². The van der Waals surface area contributed by atoms with E-state index in [1.165, 1.54) is 12.8 Å². The Balaban J connectivity index is 2.70. The zero-order valence-electron chi connectivity index (χ0n) is 14.4. The molecular formula is C16H33N3O2. The van der Waals surface area contributed by atoms with Gasteiger partial charge in [0.1, 0.15) is 5.60 Å². The maximum atomic E-state index is 12.4. The molecule has 0 aromatic carbocycles. The summed E-state index contributed by atoms with van der Waals surface area (Å²) in [5.41, 5.74) is 5.26. The van der Waals surface area contributed by atoms with Gasteiger partial charge in [-0.1, -0.05) is 6.42 Å². The number of hydrogen-bond donors (Lipinski definition) is 1. The van der Waals surface area contributed by atoms with Crippen molar-refractivity contribution >= 4 is 6.09 Å². The lowest BCUT2D eigenvalue weighted by atomic mass is 10.0. The zero-order valence-corrected chi connectivity index (χ0v) is 14.4. The third-order valence-electron chi connectivity index (χ3n) is 3.82. The minimum Gasteiger partial charge on any atom is -0.444 e. The maximum absolute atomic E-state index is 12.4. The van der Waals surface area contributed by atoms with Crippen LogP contribution in [0.15, 0.2) is 0 Å². The number of nitrogens with zero attached hydrogens (tertiary/aromatic N) is 2. The molecule has 1 atom stereocenters. The topological polar surface area (TPSA) is 58.8 Å². The number of carbonyl (C=O) groups excluding carboxylic acids is 1. The lowest BCUT2D eigenvalue weighted by molar-refractivity contribution is 0.00921. The van der Waals surface area contributed by atoms with E-state index in [-0.39, 0.29) is 12.1 Å². The molecule has 0 spiro atoms. The molecule has 1 unspecified atom stereocenters. The highest BCUT2D eigenvalue weighted by molar-refractivity contribution is 5.68. The number of carbonyl (C=O) groups is 1. The van der Waals surface area contributed by atoms with Crippen molar-refractivity contribution in [3.05, 3.63) is 0 Å². The van der Waals surface area contributed by atoms with Crippen molar-refractivity contribution in [3.63, 3.8) is 0 Å². The summed E-state index contributed by atoms with van der Waals surface area (Å²) in [4.78, 5) is 16.7. The molecule has 0 aromatic heterocycles. The molecule has 21 heavy (non-hydrogen) atoms. The summed E-state index contributed by atoms with van der Waals surface area (Å²) < 4.78 is 5.54. The van der Waals surface area contributed by atoms with Crippen LogP contribution < -0.4 is 5.73 Å². The van der Waals surface area contributed by atoms with Crippen molar-refractivity contribution in [2.75, 3.05) is 26.2 Å². The predicted octanol–water partition coefficient (Wildman–Crippen LogP) is 2.45. The molecule has 1 heterocycles. The quantitative estimate of drug-likeness (QED) is 0.847. The molecule has 1 saturated heterocycles. The van der Waals surface area contributed by atoms with Crippen molar-refractivity contribution < 1.29 is 9.53 Å². The first-order valence-electron chi connectivity index (χ1n) is 8.18. The average Bonchev–Trinajstić information content (AvgIpc) is 2.35. The van der Waals surface area contributed by atoms with Gasteiger partial charge >= 0.3 is 6.09 Å². The molecule has 1 aliphatic rings. The molecule has 124 valence electrons. The smallest absolute Gasteiger partial charge is 0.410 e. The largest absolute Gasteiger partial charge is 0.444 e. The van der Waals surface area contributed by atoms with Crippen LogP contribution in [-0.4, -0.2) is 59.8 Å². The van der Waals surface area contributed by atoms with E-state index in [9.17, 15) is 4.79 Å². The second-order valence-electron chi connectivity index (χ2n) is 7.20. The van der Waals surface area contributed by atoms with E-state index in [0.29, 0.717) is 12.6 Å². The Morgan fingerprint density at radius 1 is 1.38 bits per heavy atom. The molecule has 0 radical (unpaired) electrons.